The Labute approximate surface area is 126 Å². The number of nitrogens with zero attached hydrogens (tertiary/aromatic N) is 3. The van der Waals surface area contributed by atoms with Crippen LogP contribution in [0.25, 0.3) is 17.3 Å². The van der Waals surface area contributed by atoms with E-state index < -0.39 is 5.97 Å². The molecule has 0 atom stereocenters. The van der Waals surface area contributed by atoms with E-state index in [-0.39, 0.29) is 0 Å². The smallest absolute Gasteiger partial charge is 0.328 e. The minimum absolute atomic E-state index is 0.337. The van der Waals surface area contributed by atoms with E-state index in [4.69, 9.17) is 22.0 Å². The maximum atomic E-state index is 10.7. The zero-order valence-electron chi connectivity index (χ0n) is 11.0. The zero-order valence-corrected chi connectivity index (χ0v) is 11.8. The van der Waals surface area contributed by atoms with Crippen LogP contribution in [-0.2, 0) is 11.3 Å². The molecule has 0 unspecified atom stereocenters. The number of carboxylic acids is 1. The quantitative estimate of drug-likeness (QED) is 0.860. The van der Waals surface area contributed by atoms with Crippen LogP contribution in [0.1, 0.15) is 12.0 Å². The van der Waals surface area contributed by atoms with Gasteiger partial charge in [0.15, 0.2) is 0 Å². The van der Waals surface area contributed by atoms with Crippen LogP contribution in [0.2, 0.25) is 5.02 Å². The van der Waals surface area contributed by atoms with Gasteiger partial charge in [-0.1, -0.05) is 23.7 Å². The van der Waals surface area contributed by atoms with E-state index in [0.717, 1.165) is 11.6 Å². The van der Waals surface area contributed by atoms with E-state index >= 15 is 0 Å². The van der Waals surface area contributed by atoms with Gasteiger partial charge in [-0.15, -0.1) is 0 Å². The number of halogens is 1. The van der Waals surface area contributed by atoms with Gasteiger partial charge in [-0.3, -0.25) is 4.68 Å². The Morgan fingerprint density at radius 2 is 2.14 bits per heavy atom. The summed E-state index contributed by atoms with van der Waals surface area (Å²) in [6, 6.07) is 9.18. The maximum absolute atomic E-state index is 10.7. The number of hydrogen-bond donors (Lipinski definition) is 1. The van der Waals surface area contributed by atoms with Gasteiger partial charge in [0.25, 0.3) is 0 Å². The molecule has 6 heteroatoms. The Morgan fingerprint density at radius 1 is 1.43 bits per heavy atom. The van der Waals surface area contributed by atoms with Gasteiger partial charge < -0.3 is 5.11 Å². The first-order valence-electron chi connectivity index (χ1n) is 6.21. The lowest BCUT2D eigenvalue weighted by molar-refractivity contribution is -0.131. The predicted molar refractivity (Wildman–Crippen MR) is 79.6 cm³/mol. The molecule has 0 radical (unpaired) electrons. The Balaban J connectivity index is 2.41. The summed E-state index contributed by atoms with van der Waals surface area (Å²) in [5.74, 6) is -1.03. The molecule has 2 rings (SSSR count). The van der Waals surface area contributed by atoms with E-state index in [2.05, 4.69) is 11.2 Å². The van der Waals surface area contributed by atoms with Crippen LogP contribution in [0, 0.1) is 11.3 Å². The van der Waals surface area contributed by atoms with Crippen molar-refractivity contribution in [2.24, 2.45) is 0 Å². The summed E-state index contributed by atoms with van der Waals surface area (Å²) in [5, 5.41) is 22.4. The second-order valence-corrected chi connectivity index (χ2v) is 4.72. The molecule has 5 nitrogen and oxygen atoms in total. The number of carboxylic acid groups (broad SMARTS) is 1. The highest BCUT2D eigenvalue weighted by molar-refractivity contribution is 6.30. The topological polar surface area (TPSA) is 78.9 Å². The summed E-state index contributed by atoms with van der Waals surface area (Å²) in [4.78, 5) is 10.7. The second kappa shape index (κ2) is 6.73. The number of aryl methyl sites for hydroxylation is 1. The first kappa shape index (κ1) is 14.8. The highest BCUT2D eigenvalue weighted by Crippen LogP contribution is 2.25. The van der Waals surface area contributed by atoms with E-state index in [1.807, 2.05) is 12.1 Å². The molecule has 0 saturated heterocycles. The molecule has 1 aromatic carbocycles. The minimum atomic E-state index is -1.03. The van der Waals surface area contributed by atoms with Crippen LogP contribution in [0.5, 0.6) is 0 Å². The Bertz CT molecular complexity index is 712. The highest BCUT2D eigenvalue weighted by atomic mass is 35.5. The molecule has 21 heavy (non-hydrogen) atoms. The third-order valence-corrected chi connectivity index (χ3v) is 3.02. The van der Waals surface area contributed by atoms with Crippen molar-refractivity contribution < 1.29 is 9.90 Å². The number of aliphatic carboxylic acids is 1. The van der Waals surface area contributed by atoms with Crippen LogP contribution < -0.4 is 0 Å². The summed E-state index contributed by atoms with van der Waals surface area (Å²) < 4.78 is 1.63. The summed E-state index contributed by atoms with van der Waals surface area (Å²) >= 11 is 5.86. The molecule has 2 aromatic rings. The van der Waals surface area contributed by atoms with Gasteiger partial charge in [-0.25, -0.2) is 4.79 Å². The monoisotopic (exact) mass is 301 g/mol. The highest BCUT2D eigenvalue weighted by Gasteiger charge is 2.09. The van der Waals surface area contributed by atoms with Crippen molar-refractivity contribution in [2.45, 2.75) is 13.0 Å². The molecule has 0 aliphatic rings. The van der Waals surface area contributed by atoms with Crippen molar-refractivity contribution in [2.75, 3.05) is 0 Å². The minimum Gasteiger partial charge on any atom is -0.478 e. The van der Waals surface area contributed by atoms with Gasteiger partial charge in [0.2, 0.25) is 0 Å². The average molecular weight is 302 g/mol. The lowest BCUT2D eigenvalue weighted by Crippen LogP contribution is -1.97. The Kier molecular flexibility index (Phi) is 4.75. The van der Waals surface area contributed by atoms with Crippen molar-refractivity contribution in [3.05, 3.63) is 47.1 Å². The molecule has 0 amide bonds. The summed E-state index contributed by atoms with van der Waals surface area (Å²) in [6.07, 6.45) is 4.61. The third kappa shape index (κ3) is 3.94. The van der Waals surface area contributed by atoms with Crippen LogP contribution in [0.3, 0.4) is 0 Å². The standard InChI is InChI=1S/C15H12ClN3O2/c16-13-5-2-11(3-6-13)15-12(4-7-14(20)21)10-19(18-15)9-1-8-17/h2-7,10H,1,9H2,(H,20,21). The van der Waals surface area contributed by atoms with Gasteiger partial charge in [0, 0.05) is 28.4 Å². The van der Waals surface area contributed by atoms with Crippen molar-refractivity contribution in [1.82, 2.24) is 9.78 Å². The van der Waals surface area contributed by atoms with Gasteiger partial charge in [0.05, 0.1) is 24.7 Å². The summed E-state index contributed by atoms with van der Waals surface area (Å²) in [6.45, 7) is 0.456. The van der Waals surface area contributed by atoms with Crippen LogP contribution in [0.15, 0.2) is 36.5 Å². The zero-order chi connectivity index (χ0) is 15.2. The number of carbonyl (C=O) groups is 1. The second-order valence-electron chi connectivity index (χ2n) is 4.28. The van der Waals surface area contributed by atoms with Gasteiger partial charge in [-0.05, 0) is 18.2 Å². The van der Waals surface area contributed by atoms with Crippen molar-refractivity contribution in [3.8, 4) is 17.3 Å². The molecule has 0 aliphatic heterocycles. The van der Waals surface area contributed by atoms with Gasteiger partial charge >= 0.3 is 5.97 Å². The summed E-state index contributed by atoms with van der Waals surface area (Å²) in [5.41, 5.74) is 2.17. The van der Waals surface area contributed by atoms with Crippen LogP contribution in [-0.4, -0.2) is 20.9 Å². The molecule has 0 spiro atoms. The van der Waals surface area contributed by atoms with Crippen LogP contribution >= 0.6 is 11.6 Å². The lowest BCUT2D eigenvalue weighted by Gasteiger charge is -1.99. The molecule has 0 fully saturated rings. The van der Waals surface area contributed by atoms with Crippen molar-refractivity contribution in [3.63, 3.8) is 0 Å². The SMILES string of the molecule is N#CCCn1cc(C=CC(=O)O)c(-c2ccc(Cl)cc2)n1. The third-order valence-electron chi connectivity index (χ3n) is 2.77. The maximum Gasteiger partial charge on any atom is 0.328 e. The fourth-order valence-electron chi connectivity index (χ4n) is 1.83. The molecule has 0 saturated carbocycles. The largest absolute Gasteiger partial charge is 0.478 e. The number of hydrogen-bond acceptors (Lipinski definition) is 3. The molecule has 106 valence electrons. The average Bonchev–Trinajstić information content (AvgIpc) is 2.87. The number of aromatic nitrogens is 2. The molecular weight excluding hydrogens is 290 g/mol. The lowest BCUT2D eigenvalue weighted by atomic mass is 10.1. The van der Waals surface area contributed by atoms with E-state index in [1.165, 1.54) is 6.08 Å². The molecule has 0 aliphatic carbocycles. The molecule has 1 aromatic heterocycles. The van der Waals surface area contributed by atoms with E-state index in [0.29, 0.717) is 29.2 Å². The summed E-state index contributed by atoms with van der Waals surface area (Å²) in [7, 11) is 0. The first-order valence-corrected chi connectivity index (χ1v) is 6.59. The fourth-order valence-corrected chi connectivity index (χ4v) is 1.96. The number of rotatable bonds is 5. The molecular formula is C15H12ClN3O2. The molecule has 1 N–H and O–H groups in total. The van der Waals surface area contributed by atoms with Crippen molar-refractivity contribution >= 4 is 23.6 Å². The van der Waals surface area contributed by atoms with Crippen LogP contribution in [0.4, 0.5) is 0 Å². The van der Waals surface area contributed by atoms with Gasteiger partial charge in [-0.2, -0.15) is 10.4 Å². The predicted octanol–water partition coefficient (Wildman–Crippen LogP) is 3.21. The normalized spacial score (nSPS) is 10.7. The first-order chi connectivity index (χ1) is 10.1. The molecule has 1 heterocycles. The Hall–Kier alpha value is -2.58. The van der Waals surface area contributed by atoms with Gasteiger partial charge in [0.1, 0.15) is 0 Å². The molecule has 0 bridgehead atoms. The van der Waals surface area contributed by atoms with E-state index in [9.17, 15) is 4.79 Å². The number of nitriles is 1. The van der Waals surface area contributed by atoms with Crippen molar-refractivity contribution in [1.29, 1.82) is 5.26 Å². The Morgan fingerprint density at radius 3 is 2.76 bits per heavy atom. The number of benzene rings is 1. The van der Waals surface area contributed by atoms with E-state index in [1.54, 1.807) is 23.0 Å². The fraction of sp³-hybridized carbons (Fsp3) is 0.133.